The van der Waals surface area contributed by atoms with Gasteiger partial charge in [0, 0.05) is 23.5 Å². The Morgan fingerprint density at radius 1 is 1.25 bits per heavy atom. The number of aromatic amines is 1. The van der Waals surface area contributed by atoms with Crippen LogP contribution >= 0.6 is 0 Å². The van der Waals surface area contributed by atoms with Gasteiger partial charge in [-0.25, -0.2) is 4.39 Å². The fraction of sp³-hybridized carbons (Fsp3) is 0.412. The Hall–Kier alpha value is -1.99. The molecule has 1 aliphatic heterocycles. The second-order valence-electron chi connectivity index (χ2n) is 6.89. The molecule has 0 saturated carbocycles. The van der Waals surface area contributed by atoms with Gasteiger partial charge in [-0.1, -0.05) is 6.08 Å². The summed E-state index contributed by atoms with van der Waals surface area (Å²) in [6.45, 7) is 7.60. The summed E-state index contributed by atoms with van der Waals surface area (Å²) in [4.78, 5) is 4.09. The summed E-state index contributed by atoms with van der Waals surface area (Å²) in [6, 6.07) is 3.78. The van der Waals surface area contributed by atoms with Crippen molar-refractivity contribution in [3.8, 4) is 11.3 Å². The standard InChI is InChI=1S/C17H21BFN3O2/c1-16(2)17(3,4)24-18(23-16)14(19)8-7-13-11-21-22-15(13)12-6-5-9-20-10-12/h5-6,8-11H,7H2,1-4H3,(H,21,22). The van der Waals surface area contributed by atoms with Crippen LogP contribution in [-0.2, 0) is 15.7 Å². The second-order valence-corrected chi connectivity index (χ2v) is 6.89. The number of H-pyrrole nitrogens is 1. The molecule has 0 radical (unpaired) electrons. The van der Waals surface area contributed by atoms with Crippen LogP contribution in [0.25, 0.3) is 11.3 Å². The molecule has 2 aromatic heterocycles. The molecule has 1 saturated heterocycles. The van der Waals surface area contributed by atoms with Crippen LogP contribution in [0.1, 0.15) is 33.3 Å². The third-order valence-electron chi connectivity index (χ3n) is 4.66. The van der Waals surface area contributed by atoms with Crippen LogP contribution in [-0.4, -0.2) is 33.5 Å². The predicted molar refractivity (Wildman–Crippen MR) is 90.8 cm³/mol. The van der Waals surface area contributed by atoms with Gasteiger partial charge in [0.2, 0.25) is 0 Å². The highest BCUT2D eigenvalue weighted by Gasteiger charge is 2.52. The largest absolute Gasteiger partial charge is 0.524 e. The molecule has 2 aromatic rings. The zero-order valence-electron chi connectivity index (χ0n) is 14.3. The van der Waals surface area contributed by atoms with E-state index < -0.39 is 24.0 Å². The Labute approximate surface area is 141 Å². The molecule has 5 nitrogen and oxygen atoms in total. The molecule has 1 N–H and O–H groups in total. The molecule has 0 unspecified atom stereocenters. The van der Waals surface area contributed by atoms with Crippen molar-refractivity contribution in [3.63, 3.8) is 0 Å². The van der Waals surface area contributed by atoms with Gasteiger partial charge >= 0.3 is 7.12 Å². The van der Waals surface area contributed by atoms with E-state index in [1.54, 1.807) is 18.6 Å². The monoisotopic (exact) mass is 329 g/mol. The van der Waals surface area contributed by atoms with Crippen molar-refractivity contribution < 1.29 is 13.7 Å². The number of hydrogen-bond acceptors (Lipinski definition) is 4. The number of allylic oxidation sites excluding steroid dienone is 1. The first-order chi connectivity index (χ1) is 11.3. The lowest BCUT2D eigenvalue weighted by molar-refractivity contribution is 0.00578. The summed E-state index contributed by atoms with van der Waals surface area (Å²) >= 11 is 0. The quantitative estimate of drug-likeness (QED) is 0.872. The van der Waals surface area contributed by atoms with Gasteiger partial charge in [-0.15, -0.1) is 0 Å². The molecule has 0 atom stereocenters. The molecule has 1 aliphatic rings. The van der Waals surface area contributed by atoms with Crippen molar-refractivity contribution in [1.29, 1.82) is 0 Å². The van der Waals surface area contributed by atoms with Crippen molar-refractivity contribution in [2.75, 3.05) is 0 Å². The predicted octanol–water partition coefficient (Wildman–Crippen LogP) is 3.50. The number of pyridine rings is 1. The Bertz CT molecular complexity index is 727. The van der Waals surface area contributed by atoms with E-state index in [1.165, 1.54) is 6.08 Å². The maximum atomic E-state index is 14.5. The topological polar surface area (TPSA) is 60.0 Å². The highest BCUT2D eigenvalue weighted by Crippen LogP contribution is 2.38. The average Bonchev–Trinajstić information content (AvgIpc) is 3.08. The van der Waals surface area contributed by atoms with E-state index in [0.717, 1.165) is 16.8 Å². The van der Waals surface area contributed by atoms with Gasteiger partial charge in [-0.05, 0) is 46.2 Å². The number of nitrogens with one attached hydrogen (secondary N) is 1. The van der Waals surface area contributed by atoms with E-state index >= 15 is 0 Å². The van der Waals surface area contributed by atoms with E-state index in [2.05, 4.69) is 15.2 Å². The normalized spacial score (nSPS) is 19.7. The lowest BCUT2D eigenvalue weighted by Gasteiger charge is -2.32. The van der Waals surface area contributed by atoms with Gasteiger partial charge < -0.3 is 9.31 Å². The van der Waals surface area contributed by atoms with Gasteiger partial charge in [0.15, 0.2) is 0 Å². The summed E-state index contributed by atoms with van der Waals surface area (Å²) < 4.78 is 25.9. The first-order valence-electron chi connectivity index (χ1n) is 7.94. The van der Waals surface area contributed by atoms with Crippen LogP contribution in [0, 0.1) is 0 Å². The number of rotatable bonds is 4. The van der Waals surface area contributed by atoms with Crippen LogP contribution in [0.3, 0.4) is 0 Å². The van der Waals surface area contributed by atoms with Gasteiger partial charge in [0.25, 0.3) is 0 Å². The van der Waals surface area contributed by atoms with Crippen LogP contribution < -0.4 is 0 Å². The summed E-state index contributed by atoms with van der Waals surface area (Å²) in [6.07, 6.45) is 7.00. The van der Waals surface area contributed by atoms with Crippen LogP contribution in [0.4, 0.5) is 4.39 Å². The van der Waals surface area contributed by atoms with Crippen molar-refractivity contribution in [2.45, 2.75) is 45.3 Å². The molecule has 1 fully saturated rings. The molecular weight excluding hydrogens is 308 g/mol. The zero-order valence-corrected chi connectivity index (χ0v) is 14.3. The summed E-state index contributed by atoms with van der Waals surface area (Å²) in [5.74, 6) is 0. The van der Waals surface area contributed by atoms with E-state index in [-0.39, 0.29) is 0 Å². The molecule has 126 valence electrons. The minimum absolute atomic E-state index is 0.386. The molecule has 7 heteroatoms. The molecule has 0 aromatic carbocycles. The molecule has 24 heavy (non-hydrogen) atoms. The maximum absolute atomic E-state index is 14.5. The summed E-state index contributed by atoms with van der Waals surface area (Å²) in [7, 11) is -0.969. The number of halogens is 1. The van der Waals surface area contributed by atoms with E-state index in [1.807, 2.05) is 39.8 Å². The van der Waals surface area contributed by atoms with Crippen LogP contribution in [0.15, 0.2) is 42.5 Å². The van der Waals surface area contributed by atoms with Gasteiger partial charge in [0.05, 0.1) is 23.1 Å². The van der Waals surface area contributed by atoms with Gasteiger partial charge in [-0.3, -0.25) is 10.1 Å². The first-order valence-corrected chi connectivity index (χ1v) is 7.94. The fourth-order valence-electron chi connectivity index (χ4n) is 2.49. The smallest absolute Gasteiger partial charge is 0.398 e. The van der Waals surface area contributed by atoms with Gasteiger partial charge in [0.1, 0.15) is 5.73 Å². The Balaban J connectivity index is 1.75. The number of nitrogens with zero attached hydrogens (tertiary/aromatic N) is 2. The molecule has 0 amide bonds. The molecule has 0 aliphatic carbocycles. The molecule has 3 rings (SSSR count). The second kappa shape index (κ2) is 6.14. The highest BCUT2D eigenvalue weighted by molar-refractivity contribution is 6.53. The SMILES string of the molecule is CC1(C)OB(C(F)=CCc2cn[nH]c2-c2cccnc2)OC1(C)C. The van der Waals surface area contributed by atoms with Crippen LogP contribution in [0.2, 0.25) is 0 Å². The van der Waals surface area contributed by atoms with E-state index in [4.69, 9.17) is 9.31 Å². The van der Waals surface area contributed by atoms with Crippen molar-refractivity contribution in [1.82, 2.24) is 15.2 Å². The lowest BCUT2D eigenvalue weighted by Crippen LogP contribution is -2.41. The van der Waals surface area contributed by atoms with Crippen molar-refractivity contribution in [2.24, 2.45) is 0 Å². The maximum Gasteiger partial charge on any atom is 0.524 e. The fourth-order valence-corrected chi connectivity index (χ4v) is 2.49. The van der Waals surface area contributed by atoms with E-state index in [9.17, 15) is 4.39 Å². The van der Waals surface area contributed by atoms with Crippen molar-refractivity contribution in [3.05, 3.63) is 48.1 Å². The number of hydrogen-bond donors (Lipinski definition) is 1. The lowest BCUT2D eigenvalue weighted by atomic mass is 9.87. The molecule has 0 spiro atoms. The average molecular weight is 329 g/mol. The summed E-state index contributed by atoms with van der Waals surface area (Å²) in [5.41, 5.74) is 1.09. The minimum Gasteiger partial charge on any atom is -0.398 e. The zero-order chi connectivity index (χ0) is 17.4. The Kier molecular flexibility index (Phi) is 4.32. The third kappa shape index (κ3) is 3.14. The number of aromatic nitrogens is 3. The van der Waals surface area contributed by atoms with E-state index in [0.29, 0.717) is 6.42 Å². The van der Waals surface area contributed by atoms with Crippen LogP contribution in [0.5, 0.6) is 0 Å². The Morgan fingerprint density at radius 2 is 1.96 bits per heavy atom. The first kappa shape index (κ1) is 16.9. The molecule has 3 heterocycles. The Morgan fingerprint density at radius 3 is 2.58 bits per heavy atom. The molecule has 0 bridgehead atoms. The molecular formula is C17H21BFN3O2. The van der Waals surface area contributed by atoms with Crippen molar-refractivity contribution >= 4 is 7.12 Å². The minimum atomic E-state index is -0.969. The summed E-state index contributed by atoms with van der Waals surface area (Å²) in [5, 5.41) is 6.99. The highest BCUT2D eigenvalue weighted by atomic mass is 19.1. The van der Waals surface area contributed by atoms with Gasteiger partial charge in [-0.2, -0.15) is 5.10 Å². The third-order valence-corrected chi connectivity index (χ3v) is 4.66.